The number of benzene rings is 1. The Morgan fingerprint density at radius 3 is 2.50 bits per heavy atom. The third-order valence-corrected chi connectivity index (χ3v) is 2.50. The number of hydrogen-bond acceptors (Lipinski definition) is 3. The van der Waals surface area contributed by atoms with Gasteiger partial charge >= 0.3 is 0 Å². The van der Waals surface area contributed by atoms with Gasteiger partial charge in [-0.2, -0.15) is 0 Å². The van der Waals surface area contributed by atoms with Gasteiger partial charge in [0.2, 0.25) is 11.8 Å². The van der Waals surface area contributed by atoms with Crippen LogP contribution < -0.4 is 10.5 Å². The van der Waals surface area contributed by atoms with Crippen LogP contribution in [0.5, 0.6) is 5.88 Å². The zero-order chi connectivity index (χ0) is 12.8. The van der Waals surface area contributed by atoms with Crippen molar-refractivity contribution in [1.82, 2.24) is 4.98 Å². The standard InChI is InChI=1S/C14H14N2O2/c15-13(17)9-11-5-1-2-6-12(11)10-18-14-7-3-4-8-16-14/h1-8H,9-10H2,(H2,15,17). The zero-order valence-electron chi connectivity index (χ0n) is 9.87. The van der Waals surface area contributed by atoms with Crippen LogP contribution in [0.2, 0.25) is 0 Å². The molecule has 0 fully saturated rings. The van der Waals surface area contributed by atoms with Crippen molar-refractivity contribution in [2.45, 2.75) is 13.0 Å². The fraction of sp³-hybridized carbons (Fsp3) is 0.143. The molecule has 18 heavy (non-hydrogen) atoms. The lowest BCUT2D eigenvalue weighted by molar-refractivity contribution is -0.117. The van der Waals surface area contributed by atoms with Crippen LogP contribution >= 0.6 is 0 Å². The van der Waals surface area contributed by atoms with Crippen LogP contribution in [0.1, 0.15) is 11.1 Å². The summed E-state index contributed by atoms with van der Waals surface area (Å²) in [5.41, 5.74) is 7.04. The van der Waals surface area contributed by atoms with Gasteiger partial charge in [-0.3, -0.25) is 4.79 Å². The Labute approximate surface area is 105 Å². The topological polar surface area (TPSA) is 65.2 Å². The molecule has 92 valence electrons. The summed E-state index contributed by atoms with van der Waals surface area (Å²) in [6.45, 7) is 0.375. The van der Waals surface area contributed by atoms with Gasteiger partial charge in [-0.05, 0) is 17.2 Å². The number of hydrogen-bond donors (Lipinski definition) is 1. The normalized spacial score (nSPS) is 10.0. The van der Waals surface area contributed by atoms with E-state index >= 15 is 0 Å². The van der Waals surface area contributed by atoms with Gasteiger partial charge in [0.25, 0.3) is 0 Å². The van der Waals surface area contributed by atoms with Crippen LogP contribution in [0, 0.1) is 0 Å². The smallest absolute Gasteiger partial charge is 0.221 e. The van der Waals surface area contributed by atoms with Crippen molar-refractivity contribution in [3.8, 4) is 5.88 Å². The molecule has 0 radical (unpaired) electrons. The maximum Gasteiger partial charge on any atom is 0.221 e. The van der Waals surface area contributed by atoms with Crippen molar-refractivity contribution < 1.29 is 9.53 Å². The van der Waals surface area contributed by atoms with Crippen molar-refractivity contribution in [2.24, 2.45) is 5.73 Å². The largest absolute Gasteiger partial charge is 0.473 e. The lowest BCUT2D eigenvalue weighted by Crippen LogP contribution is -2.15. The van der Waals surface area contributed by atoms with Crippen molar-refractivity contribution in [3.05, 3.63) is 59.8 Å². The molecule has 0 unspecified atom stereocenters. The molecule has 1 aromatic carbocycles. The number of rotatable bonds is 5. The molecule has 0 saturated heterocycles. The van der Waals surface area contributed by atoms with Gasteiger partial charge in [0.05, 0.1) is 6.42 Å². The fourth-order valence-electron chi connectivity index (χ4n) is 1.64. The Balaban J connectivity index is 2.07. The van der Waals surface area contributed by atoms with E-state index in [1.54, 1.807) is 12.3 Å². The molecule has 0 aliphatic heterocycles. The highest BCUT2D eigenvalue weighted by atomic mass is 16.5. The second-order valence-corrected chi connectivity index (χ2v) is 3.87. The maximum atomic E-state index is 11.0. The van der Waals surface area contributed by atoms with Crippen LogP contribution in [-0.4, -0.2) is 10.9 Å². The molecule has 1 aromatic heterocycles. The molecule has 4 nitrogen and oxygen atoms in total. The molecular weight excluding hydrogens is 228 g/mol. The molecule has 1 amide bonds. The van der Waals surface area contributed by atoms with Gasteiger partial charge in [-0.1, -0.05) is 30.3 Å². The molecule has 1 heterocycles. The summed E-state index contributed by atoms with van der Waals surface area (Å²) in [7, 11) is 0. The second kappa shape index (κ2) is 5.82. The van der Waals surface area contributed by atoms with E-state index in [9.17, 15) is 4.79 Å². The molecule has 0 aliphatic rings. The Bertz CT molecular complexity index is 526. The molecule has 4 heteroatoms. The maximum absolute atomic E-state index is 11.0. The van der Waals surface area contributed by atoms with Gasteiger partial charge in [-0.15, -0.1) is 0 Å². The van der Waals surface area contributed by atoms with Crippen LogP contribution in [0.4, 0.5) is 0 Å². The average molecular weight is 242 g/mol. The summed E-state index contributed by atoms with van der Waals surface area (Å²) in [6.07, 6.45) is 1.90. The van der Waals surface area contributed by atoms with E-state index in [1.807, 2.05) is 36.4 Å². The predicted molar refractivity (Wildman–Crippen MR) is 67.9 cm³/mol. The van der Waals surface area contributed by atoms with Crippen LogP contribution in [0.25, 0.3) is 0 Å². The predicted octanol–water partition coefficient (Wildman–Crippen LogP) is 1.69. The molecule has 2 N–H and O–H groups in total. The van der Waals surface area contributed by atoms with Crippen molar-refractivity contribution >= 4 is 5.91 Å². The molecule has 0 bridgehead atoms. The highest BCUT2D eigenvalue weighted by Gasteiger charge is 2.05. The monoisotopic (exact) mass is 242 g/mol. The minimum Gasteiger partial charge on any atom is -0.473 e. The number of carbonyl (C=O) groups is 1. The summed E-state index contributed by atoms with van der Waals surface area (Å²) in [6, 6.07) is 13.1. The van der Waals surface area contributed by atoms with Gasteiger partial charge in [0.1, 0.15) is 6.61 Å². The summed E-state index contributed by atoms with van der Waals surface area (Å²) < 4.78 is 5.55. The molecule has 2 rings (SSSR count). The number of pyridine rings is 1. The first kappa shape index (κ1) is 12.1. The third-order valence-electron chi connectivity index (χ3n) is 2.50. The number of aromatic nitrogens is 1. The van der Waals surface area contributed by atoms with Crippen molar-refractivity contribution in [1.29, 1.82) is 0 Å². The highest BCUT2D eigenvalue weighted by Crippen LogP contribution is 2.13. The minimum atomic E-state index is -0.347. The zero-order valence-corrected chi connectivity index (χ0v) is 9.87. The van der Waals surface area contributed by atoms with Gasteiger partial charge in [-0.25, -0.2) is 4.98 Å². The number of carbonyl (C=O) groups excluding carboxylic acids is 1. The lowest BCUT2D eigenvalue weighted by atomic mass is 10.1. The summed E-state index contributed by atoms with van der Waals surface area (Å²) in [5.74, 6) is 0.215. The molecule has 0 spiro atoms. The first-order valence-electron chi connectivity index (χ1n) is 5.64. The first-order chi connectivity index (χ1) is 8.75. The second-order valence-electron chi connectivity index (χ2n) is 3.87. The molecule has 0 saturated carbocycles. The van der Waals surface area contributed by atoms with E-state index in [4.69, 9.17) is 10.5 Å². The minimum absolute atomic E-state index is 0.224. The van der Waals surface area contributed by atoms with Crippen molar-refractivity contribution in [3.63, 3.8) is 0 Å². The van der Waals surface area contributed by atoms with Crippen LogP contribution in [-0.2, 0) is 17.8 Å². The number of amides is 1. The molecule has 0 aliphatic carbocycles. The average Bonchev–Trinajstić information content (AvgIpc) is 2.38. The Morgan fingerprint density at radius 1 is 1.11 bits per heavy atom. The van der Waals surface area contributed by atoms with Crippen LogP contribution in [0.3, 0.4) is 0 Å². The Kier molecular flexibility index (Phi) is 3.91. The van der Waals surface area contributed by atoms with E-state index in [0.29, 0.717) is 12.5 Å². The van der Waals surface area contributed by atoms with E-state index in [0.717, 1.165) is 11.1 Å². The van der Waals surface area contributed by atoms with Gasteiger partial charge in [0, 0.05) is 12.3 Å². The van der Waals surface area contributed by atoms with E-state index in [-0.39, 0.29) is 12.3 Å². The lowest BCUT2D eigenvalue weighted by Gasteiger charge is -2.09. The SMILES string of the molecule is NC(=O)Cc1ccccc1COc1ccccn1. The van der Waals surface area contributed by atoms with Gasteiger partial charge < -0.3 is 10.5 Å². The van der Waals surface area contributed by atoms with Crippen molar-refractivity contribution in [2.75, 3.05) is 0 Å². The summed E-state index contributed by atoms with van der Waals surface area (Å²) in [4.78, 5) is 15.0. The highest BCUT2D eigenvalue weighted by molar-refractivity contribution is 5.76. The summed E-state index contributed by atoms with van der Waals surface area (Å²) >= 11 is 0. The Hall–Kier alpha value is -2.36. The number of nitrogens with zero attached hydrogens (tertiary/aromatic N) is 1. The third kappa shape index (κ3) is 3.31. The quantitative estimate of drug-likeness (QED) is 0.867. The molecule has 2 aromatic rings. The first-order valence-corrected chi connectivity index (χ1v) is 5.64. The number of primary amides is 1. The molecule has 0 atom stereocenters. The van der Waals surface area contributed by atoms with Gasteiger partial charge in [0.15, 0.2) is 0 Å². The van der Waals surface area contributed by atoms with E-state index in [2.05, 4.69) is 4.98 Å². The number of ether oxygens (including phenoxy) is 1. The fourth-order valence-corrected chi connectivity index (χ4v) is 1.64. The molecular formula is C14H14N2O2. The Morgan fingerprint density at radius 2 is 1.83 bits per heavy atom. The van der Waals surface area contributed by atoms with E-state index in [1.165, 1.54) is 0 Å². The number of nitrogens with two attached hydrogens (primary N) is 1. The van der Waals surface area contributed by atoms with Crippen LogP contribution in [0.15, 0.2) is 48.7 Å². The van der Waals surface area contributed by atoms with E-state index < -0.39 is 0 Å². The summed E-state index contributed by atoms with van der Waals surface area (Å²) in [5, 5.41) is 0.